The van der Waals surface area contributed by atoms with Gasteiger partial charge in [-0.1, -0.05) is 26.7 Å². The molecule has 0 amide bonds. The minimum Gasteiger partial charge on any atom is -0.388 e. The Kier molecular flexibility index (Phi) is 3.74. The van der Waals surface area contributed by atoms with Crippen LogP contribution in [-0.4, -0.2) is 17.3 Å². The van der Waals surface area contributed by atoms with Crippen LogP contribution in [0.2, 0.25) is 0 Å². The Bertz CT molecular complexity index is 154. The van der Waals surface area contributed by atoms with Crippen molar-refractivity contribution in [3.63, 3.8) is 0 Å². The highest BCUT2D eigenvalue weighted by molar-refractivity contribution is 4.95. The summed E-state index contributed by atoms with van der Waals surface area (Å²) >= 11 is 0. The van der Waals surface area contributed by atoms with Crippen LogP contribution in [0.1, 0.15) is 46.0 Å². The van der Waals surface area contributed by atoms with Gasteiger partial charge in [0.2, 0.25) is 0 Å². The second-order valence-electron chi connectivity index (χ2n) is 4.87. The van der Waals surface area contributed by atoms with Gasteiger partial charge in [-0.05, 0) is 31.1 Å². The minimum atomic E-state index is -0.533. The Hall–Kier alpha value is -0.0800. The molecule has 0 aromatic carbocycles. The van der Waals surface area contributed by atoms with Crippen LogP contribution >= 0.6 is 0 Å². The second-order valence-corrected chi connectivity index (χ2v) is 4.87. The standard InChI is InChI=1S/C11H23NO/c1-9(2)4-3-7-11(13,8-12)10-5-6-10/h9-10,13H,3-8,12H2,1-2H3. The molecule has 2 nitrogen and oxygen atoms in total. The van der Waals surface area contributed by atoms with Gasteiger partial charge < -0.3 is 10.8 Å². The van der Waals surface area contributed by atoms with Crippen LogP contribution in [0.4, 0.5) is 0 Å². The van der Waals surface area contributed by atoms with Crippen molar-refractivity contribution in [1.29, 1.82) is 0 Å². The smallest absolute Gasteiger partial charge is 0.0797 e. The molecule has 0 aromatic heterocycles. The van der Waals surface area contributed by atoms with E-state index in [1.807, 2.05) is 0 Å². The first kappa shape index (κ1) is 11.0. The molecular formula is C11H23NO. The Morgan fingerprint density at radius 3 is 2.46 bits per heavy atom. The predicted octanol–water partition coefficient (Wildman–Crippen LogP) is 1.91. The first-order chi connectivity index (χ1) is 6.08. The maximum Gasteiger partial charge on any atom is 0.0797 e. The summed E-state index contributed by atoms with van der Waals surface area (Å²) < 4.78 is 0. The van der Waals surface area contributed by atoms with Crippen molar-refractivity contribution >= 4 is 0 Å². The average Bonchev–Trinajstić information content (AvgIpc) is 2.85. The van der Waals surface area contributed by atoms with Crippen molar-refractivity contribution < 1.29 is 5.11 Å². The molecule has 0 saturated heterocycles. The number of hydrogen-bond donors (Lipinski definition) is 2. The molecule has 0 radical (unpaired) electrons. The van der Waals surface area contributed by atoms with E-state index in [-0.39, 0.29) is 0 Å². The molecule has 78 valence electrons. The van der Waals surface area contributed by atoms with E-state index in [0.717, 1.165) is 18.8 Å². The third-order valence-corrected chi connectivity index (χ3v) is 3.08. The Morgan fingerprint density at radius 1 is 1.46 bits per heavy atom. The SMILES string of the molecule is CC(C)CCCC(O)(CN)C1CC1. The zero-order valence-corrected chi connectivity index (χ0v) is 8.92. The van der Waals surface area contributed by atoms with E-state index in [4.69, 9.17) is 5.73 Å². The Labute approximate surface area is 81.5 Å². The summed E-state index contributed by atoms with van der Waals surface area (Å²) in [6.45, 7) is 4.88. The summed E-state index contributed by atoms with van der Waals surface area (Å²) in [6, 6.07) is 0. The summed E-state index contributed by atoms with van der Waals surface area (Å²) in [5, 5.41) is 10.1. The first-order valence-electron chi connectivity index (χ1n) is 5.51. The summed E-state index contributed by atoms with van der Waals surface area (Å²) in [4.78, 5) is 0. The monoisotopic (exact) mass is 185 g/mol. The highest BCUT2D eigenvalue weighted by atomic mass is 16.3. The largest absolute Gasteiger partial charge is 0.388 e. The van der Waals surface area contributed by atoms with Crippen molar-refractivity contribution in [2.24, 2.45) is 17.6 Å². The van der Waals surface area contributed by atoms with E-state index in [1.165, 1.54) is 19.3 Å². The topological polar surface area (TPSA) is 46.2 Å². The van der Waals surface area contributed by atoms with Crippen molar-refractivity contribution in [2.75, 3.05) is 6.54 Å². The fraction of sp³-hybridized carbons (Fsp3) is 1.00. The van der Waals surface area contributed by atoms with Gasteiger partial charge in [0.25, 0.3) is 0 Å². The molecular weight excluding hydrogens is 162 g/mol. The van der Waals surface area contributed by atoms with Crippen molar-refractivity contribution in [1.82, 2.24) is 0 Å². The normalized spacial score (nSPS) is 21.9. The zero-order valence-electron chi connectivity index (χ0n) is 8.92. The zero-order chi connectivity index (χ0) is 9.90. The first-order valence-corrected chi connectivity index (χ1v) is 5.51. The minimum absolute atomic E-state index is 0.440. The molecule has 0 aliphatic heterocycles. The van der Waals surface area contributed by atoms with Crippen LogP contribution in [0.15, 0.2) is 0 Å². The fourth-order valence-electron chi connectivity index (χ4n) is 1.91. The van der Waals surface area contributed by atoms with Crippen LogP contribution in [-0.2, 0) is 0 Å². The van der Waals surface area contributed by atoms with E-state index in [1.54, 1.807) is 0 Å². The van der Waals surface area contributed by atoms with Crippen LogP contribution in [0, 0.1) is 11.8 Å². The predicted molar refractivity (Wildman–Crippen MR) is 55.4 cm³/mol. The van der Waals surface area contributed by atoms with Crippen molar-refractivity contribution in [3.05, 3.63) is 0 Å². The lowest BCUT2D eigenvalue weighted by atomic mass is 9.90. The molecule has 1 unspecified atom stereocenters. The highest BCUT2D eigenvalue weighted by Crippen LogP contribution is 2.41. The van der Waals surface area contributed by atoms with Crippen LogP contribution < -0.4 is 5.73 Å². The third-order valence-electron chi connectivity index (χ3n) is 3.08. The molecule has 2 heteroatoms. The van der Waals surface area contributed by atoms with Gasteiger partial charge in [0.15, 0.2) is 0 Å². The maximum atomic E-state index is 10.1. The third kappa shape index (κ3) is 3.28. The molecule has 13 heavy (non-hydrogen) atoms. The quantitative estimate of drug-likeness (QED) is 0.664. The van der Waals surface area contributed by atoms with Gasteiger partial charge in [-0.3, -0.25) is 0 Å². The molecule has 0 bridgehead atoms. The molecule has 3 N–H and O–H groups in total. The second kappa shape index (κ2) is 4.43. The van der Waals surface area contributed by atoms with Gasteiger partial charge in [0.1, 0.15) is 0 Å². The van der Waals surface area contributed by atoms with Crippen LogP contribution in [0.3, 0.4) is 0 Å². The number of aliphatic hydroxyl groups is 1. The summed E-state index contributed by atoms with van der Waals surface area (Å²) in [7, 11) is 0. The molecule has 0 aromatic rings. The summed E-state index contributed by atoms with van der Waals surface area (Å²) in [5.41, 5.74) is 5.08. The highest BCUT2D eigenvalue weighted by Gasteiger charge is 2.41. The summed E-state index contributed by atoms with van der Waals surface area (Å²) in [5.74, 6) is 1.24. The fourth-order valence-corrected chi connectivity index (χ4v) is 1.91. The Morgan fingerprint density at radius 2 is 2.08 bits per heavy atom. The lowest BCUT2D eigenvalue weighted by Gasteiger charge is -2.26. The van der Waals surface area contributed by atoms with Gasteiger partial charge in [-0.25, -0.2) is 0 Å². The molecule has 1 atom stereocenters. The van der Waals surface area contributed by atoms with E-state index >= 15 is 0 Å². The van der Waals surface area contributed by atoms with Gasteiger partial charge in [-0.2, -0.15) is 0 Å². The van der Waals surface area contributed by atoms with Gasteiger partial charge in [-0.15, -0.1) is 0 Å². The molecule has 1 saturated carbocycles. The van der Waals surface area contributed by atoms with Gasteiger partial charge in [0.05, 0.1) is 5.60 Å². The molecule has 0 spiro atoms. The molecule has 1 rings (SSSR count). The lowest BCUT2D eigenvalue weighted by Crippen LogP contribution is -2.40. The number of rotatable bonds is 6. The molecule has 0 heterocycles. The van der Waals surface area contributed by atoms with E-state index in [0.29, 0.717) is 12.5 Å². The van der Waals surface area contributed by atoms with Gasteiger partial charge >= 0.3 is 0 Å². The average molecular weight is 185 g/mol. The van der Waals surface area contributed by atoms with Gasteiger partial charge in [0, 0.05) is 6.54 Å². The van der Waals surface area contributed by atoms with E-state index in [2.05, 4.69) is 13.8 Å². The molecule has 1 aliphatic carbocycles. The van der Waals surface area contributed by atoms with E-state index in [9.17, 15) is 5.11 Å². The maximum absolute atomic E-state index is 10.1. The number of nitrogens with two attached hydrogens (primary N) is 1. The van der Waals surface area contributed by atoms with Crippen molar-refractivity contribution in [3.8, 4) is 0 Å². The lowest BCUT2D eigenvalue weighted by molar-refractivity contribution is 0.0148. The summed E-state index contributed by atoms with van der Waals surface area (Å²) in [6.07, 6.45) is 5.56. The Balaban J connectivity index is 2.23. The van der Waals surface area contributed by atoms with Crippen LogP contribution in [0.5, 0.6) is 0 Å². The molecule has 1 fully saturated rings. The molecule has 1 aliphatic rings. The number of hydrogen-bond acceptors (Lipinski definition) is 2. The van der Waals surface area contributed by atoms with Crippen LogP contribution in [0.25, 0.3) is 0 Å². The van der Waals surface area contributed by atoms with E-state index < -0.39 is 5.60 Å². The van der Waals surface area contributed by atoms with Crippen molar-refractivity contribution in [2.45, 2.75) is 51.6 Å².